The Balaban J connectivity index is 1.32. The lowest BCUT2D eigenvalue weighted by molar-refractivity contribution is 0.0383. The molecular formula is C25H31FN8O3. The predicted molar refractivity (Wildman–Crippen MR) is 135 cm³/mol. The van der Waals surface area contributed by atoms with Crippen molar-refractivity contribution in [2.75, 3.05) is 56.6 Å². The molecule has 3 aromatic rings. The Hall–Kier alpha value is -3.61. The number of benzene rings is 1. The second-order valence-corrected chi connectivity index (χ2v) is 9.21. The number of nitrogens with one attached hydrogen (secondary N) is 4. The highest BCUT2D eigenvalue weighted by molar-refractivity contribution is 5.93. The van der Waals surface area contributed by atoms with Crippen molar-refractivity contribution < 1.29 is 19.0 Å². The van der Waals surface area contributed by atoms with Crippen LogP contribution in [-0.2, 0) is 4.74 Å². The van der Waals surface area contributed by atoms with E-state index in [9.17, 15) is 14.3 Å². The highest BCUT2D eigenvalue weighted by Gasteiger charge is 2.25. The molecule has 12 heteroatoms. The second-order valence-electron chi connectivity index (χ2n) is 9.21. The molecule has 37 heavy (non-hydrogen) atoms. The first-order valence-electron chi connectivity index (χ1n) is 12.5. The Morgan fingerprint density at radius 3 is 2.68 bits per heavy atom. The number of ether oxygens (including phenoxy) is 1. The number of aliphatic hydroxyl groups excluding tert-OH is 1. The summed E-state index contributed by atoms with van der Waals surface area (Å²) in [7, 11) is 0. The van der Waals surface area contributed by atoms with Crippen LogP contribution in [0.15, 0.2) is 36.4 Å². The Kier molecular flexibility index (Phi) is 7.87. The number of carbonyl (C=O) groups is 1. The molecule has 1 amide bonds. The molecule has 1 aliphatic heterocycles. The molecule has 0 radical (unpaired) electrons. The molecule has 2 aromatic heterocycles. The number of rotatable bonds is 11. The minimum atomic E-state index is -0.597. The first-order chi connectivity index (χ1) is 18.1. The quantitative estimate of drug-likeness (QED) is 0.262. The molecule has 11 nitrogen and oxygen atoms in total. The Labute approximate surface area is 213 Å². The van der Waals surface area contributed by atoms with Crippen molar-refractivity contribution in [1.29, 1.82) is 0 Å². The van der Waals surface area contributed by atoms with Crippen molar-refractivity contribution in [3.63, 3.8) is 0 Å². The Morgan fingerprint density at radius 1 is 1.16 bits per heavy atom. The molecule has 1 aliphatic carbocycles. The van der Waals surface area contributed by atoms with Crippen molar-refractivity contribution in [3.05, 3.63) is 59.2 Å². The maximum atomic E-state index is 13.4. The van der Waals surface area contributed by atoms with Crippen LogP contribution in [0.2, 0.25) is 0 Å². The van der Waals surface area contributed by atoms with Crippen molar-refractivity contribution in [1.82, 2.24) is 30.4 Å². The lowest BCUT2D eigenvalue weighted by Gasteiger charge is -2.26. The zero-order chi connectivity index (χ0) is 25.6. The fraction of sp³-hybridized carbons (Fsp3) is 0.440. The molecular weight excluding hydrogens is 479 g/mol. The van der Waals surface area contributed by atoms with Gasteiger partial charge in [0.2, 0.25) is 5.95 Å². The summed E-state index contributed by atoms with van der Waals surface area (Å²) in [5.41, 5.74) is 1.88. The van der Waals surface area contributed by atoms with Crippen LogP contribution in [0.3, 0.4) is 0 Å². The molecule has 3 heterocycles. The Morgan fingerprint density at radius 2 is 1.95 bits per heavy atom. The fourth-order valence-corrected chi connectivity index (χ4v) is 4.16. The minimum absolute atomic E-state index is 0.143. The van der Waals surface area contributed by atoms with E-state index in [4.69, 9.17) is 4.74 Å². The number of halogens is 1. The number of hydrogen-bond donors (Lipinski definition) is 5. The number of aromatic amines is 1. The summed E-state index contributed by atoms with van der Waals surface area (Å²) < 4.78 is 18.7. The van der Waals surface area contributed by atoms with Gasteiger partial charge in [0.1, 0.15) is 17.3 Å². The van der Waals surface area contributed by atoms with Crippen LogP contribution in [0, 0.1) is 5.82 Å². The molecule has 0 bridgehead atoms. The number of amides is 1. The van der Waals surface area contributed by atoms with Crippen LogP contribution in [0.5, 0.6) is 0 Å². The molecule has 1 unspecified atom stereocenters. The zero-order valence-corrected chi connectivity index (χ0v) is 20.4. The summed E-state index contributed by atoms with van der Waals surface area (Å²) in [6.45, 7) is 3.96. The third kappa shape index (κ3) is 6.79. The Bertz CT molecular complexity index is 1190. The van der Waals surface area contributed by atoms with Gasteiger partial charge in [-0.1, -0.05) is 12.1 Å². The maximum Gasteiger partial charge on any atom is 0.270 e. The maximum absolute atomic E-state index is 13.4. The van der Waals surface area contributed by atoms with Gasteiger partial charge in [-0.3, -0.25) is 14.8 Å². The molecule has 1 atom stereocenters. The standard InChI is InChI=1S/C25H31FN8O3/c26-18-5-3-17(4-6-18)21(15-35)29-25-28-20(24(36)27-7-8-34-9-11-37-12-10-34)14-22(31-25)30-23-13-19(32-33-23)16-1-2-16/h3-6,13-14,16,21,35H,1-2,7-12,15H2,(H,27,36)(H3,28,29,30,31,32,33). The van der Waals surface area contributed by atoms with Gasteiger partial charge in [-0.05, 0) is 30.5 Å². The first-order valence-corrected chi connectivity index (χ1v) is 12.5. The van der Waals surface area contributed by atoms with Gasteiger partial charge in [-0.25, -0.2) is 9.37 Å². The van der Waals surface area contributed by atoms with E-state index in [-0.39, 0.29) is 30.0 Å². The smallest absolute Gasteiger partial charge is 0.270 e. The predicted octanol–water partition coefficient (Wildman–Crippen LogP) is 2.17. The largest absolute Gasteiger partial charge is 0.394 e. The number of aromatic nitrogens is 4. The number of aliphatic hydroxyl groups is 1. The number of morpholine rings is 1. The van der Waals surface area contributed by atoms with Crippen molar-refractivity contribution in [2.45, 2.75) is 24.8 Å². The second kappa shape index (κ2) is 11.6. The van der Waals surface area contributed by atoms with E-state index >= 15 is 0 Å². The van der Waals surface area contributed by atoms with E-state index in [2.05, 4.69) is 41.0 Å². The van der Waals surface area contributed by atoms with Gasteiger partial charge in [0.25, 0.3) is 5.91 Å². The average Bonchev–Trinajstić information content (AvgIpc) is 3.67. The summed E-state index contributed by atoms with van der Waals surface area (Å²) in [6.07, 6.45) is 2.29. The minimum Gasteiger partial charge on any atom is -0.394 e. The van der Waals surface area contributed by atoms with Crippen LogP contribution in [-0.4, -0.2) is 82.1 Å². The van der Waals surface area contributed by atoms with E-state index in [0.29, 0.717) is 49.4 Å². The summed E-state index contributed by atoms with van der Waals surface area (Å²) in [6, 6.07) is 8.69. The third-order valence-corrected chi connectivity index (χ3v) is 6.41. The van der Waals surface area contributed by atoms with E-state index in [1.165, 1.54) is 12.1 Å². The van der Waals surface area contributed by atoms with Gasteiger partial charge in [-0.15, -0.1) is 0 Å². The number of nitrogens with zero attached hydrogens (tertiary/aromatic N) is 4. The lowest BCUT2D eigenvalue weighted by atomic mass is 10.1. The molecule has 2 aliphatic rings. The summed E-state index contributed by atoms with van der Waals surface area (Å²) in [4.78, 5) is 24.1. The van der Waals surface area contributed by atoms with Crippen molar-refractivity contribution in [2.24, 2.45) is 0 Å². The van der Waals surface area contributed by atoms with E-state index < -0.39 is 6.04 Å². The molecule has 5 N–H and O–H groups in total. The van der Waals surface area contributed by atoms with Gasteiger partial charge in [0.15, 0.2) is 5.82 Å². The SMILES string of the molecule is O=C(NCCN1CCOCC1)c1cc(Nc2cc(C3CC3)[nH]n2)nc(NC(CO)c2ccc(F)cc2)n1. The zero-order valence-electron chi connectivity index (χ0n) is 20.4. The van der Waals surface area contributed by atoms with Crippen molar-refractivity contribution >= 4 is 23.5 Å². The normalized spacial score (nSPS) is 16.8. The van der Waals surface area contributed by atoms with Crippen LogP contribution >= 0.6 is 0 Å². The molecule has 1 saturated heterocycles. The van der Waals surface area contributed by atoms with Crippen LogP contribution in [0.25, 0.3) is 0 Å². The average molecular weight is 511 g/mol. The summed E-state index contributed by atoms with van der Waals surface area (Å²) in [5, 5.41) is 26.4. The van der Waals surface area contributed by atoms with E-state index in [1.807, 2.05) is 6.07 Å². The summed E-state index contributed by atoms with van der Waals surface area (Å²) in [5.74, 6) is 0.903. The summed E-state index contributed by atoms with van der Waals surface area (Å²) >= 11 is 0. The topological polar surface area (TPSA) is 140 Å². The molecule has 2 fully saturated rings. The highest BCUT2D eigenvalue weighted by atomic mass is 19.1. The lowest BCUT2D eigenvalue weighted by Crippen LogP contribution is -2.41. The molecule has 196 valence electrons. The molecule has 5 rings (SSSR count). The number of hydrogen-bond acceptors (Lipinski definition) is 9. The molecule has 1 aromatic carbocycles. The van der Waals surface area contributed by atoms with Gasteiger partial charge in [0.05, 0.1) is 25.9 Å². The van der Waals surface area contributed by atoms with Crippen LogP contribution < -0.4 is 16.0 Å². The third-order valence-electron chi connectivity index (χ3n) is 6.41. The highest BCUT2D eigenvalue weighted by Crippen LogP contribution is 2.39. The first kappa shape index (κ1) is 25.1. The van der Waals surface area contributed by atoms with E-state index in [1.54, 1.807) is 18.2 Å². The molecule has 0 spiro atoms. The number of anilines is 3. The fourth-order valence-electron chi connectivity index (χ4n) is 4.16. The van der Waals surface area contributed by atoms with Gasteiger partial charge >= 0.3 is 0 Å². The number of carbonyl (C=O) groups excluding carboxylic acids is 1. The van der Waals surface area contributed by atoms with Gasteiger partial charge < -0.3 is 25.8 Å². The van der Waals surface area contributed by atoms with Gasteiger partial charge in [-0.2, -0.15) is 10.1 Å². The number of H-pyrrole nitrogens is 1. The van der Waals surface area contributed by atoms with Crippen molar-refractivity contribution in [3.8, 4) is 0 Å². The van der Waals surface area contributed by atoms with E-state index in [0.717, 1.165) is 31.6 Å². The van der Waals surface area contributed by atoms with Crippen LogP contribution in [0.4, 0.5) is 22.0 Å². The monoisotopic (exact) mass is 510 g/mol. The molecule has 1 saturated carbocycles. The van der Waals surface area contributed by atoms with Crippen LogP contribution in [0.1, 0.15) is 46.5 Å². The van der Waals surface area contributed by atoms with Gasteiger partial charge in [0, 0.05) is 49.9 Å².